The molecule has 1 rings (SSSR count). The Hall–Kier alpha value is -0.350. The molecule has 0 radical (unpaired) electrons. The molecule has 0 aromatic rings. The van der Waals surface area contributed by atoms with Crippen LogP contribution in [-0.4, -0.2) is 36.3 Å². The van der Waals surface area contributed by atoms with Gasteiger partial charge in [-0.1, -0.05) is 0 Å². The van der Waals surface area contributed by atoms with Gasteiger partial charge in [-0.3, -0.25) is 0 Å². The van der Waals surface area contributed by atoms with Crippen molar-refractivity contribution in [2.24, 2.45) is 5.73 Å². The number of hydrogen-bond acceptors (Lipinski definition) is 2. The van der Waals surface area contributed by atoms with E-state index in [-0.39, 0.29) is 0 Å². The SMILES string of the molecule is COC1CCN(C(N)=S)C1. The maximum atomic E-state index is 5.42. The van der Waals surface area contributed by atoms with Crippen LogP contribution in [0.15, 0.2) is 0 Å². The third kappa shape index (κ3) is 1.58. The standard InChI is InChI=1S/C6H12N2OS/c1-9-5-2-3-8(4-5)6(7)10/h5H,2-4H2,1H3,(H2,7,10). The second kappa shape index (κ2) is 3.16. The molecule has 0 bridgehead atoms. The first-order valence-electron chi connectivity index (χ1n) is 3.31. The summed E-state index contributed by atoms with van der Waals surface area (Å²) in [6.07, 6.45) is 1.36. The lowest BCUT2D eigenvalue weighted by atomic mass is 10.3. The van der Waals surface area contributed by atoms with Gasteiger partial charge in [0.05, 0.1) is 6.10 Å². The molecule has 1 fully saturated rings. The Kier molecular flexibility index (Phi) is 2.45. The van der Waals surface area contributed by atoms with Gasteiger partial charge in [-0.25, -0.2) is 0 Å². The van der Waals surface area contributed by atoms with Gasteiger partial charge >= 0.3 is 0 Å². The quantitative estimate of drug-likeness (QED) is 0.546. The largest absolute Gasteiger partial charge is 0.380 e. The van der Waals surface area contributed by atoms with Crippen molar-refractivity contribution in [1.82, 2.24) is 4.90 Å². The van der Waals surface area contributed by atoms with Gasteiger partial charge in [0.15, 0.2) is 5.11 Å². The first-order chi connectivity index (χ1) is 4.74. The van der Waals surface area contributed by atoms with E-state index in [1.54, 1.807) is 7.11 Å². The number of methoxy groups -OCH3 is 1. The molecule has 0 spiro atoms. The summed E-state index contributed by atoms with van der Waals surface area (Å²) in [4.78, 5) is 1.96. The van der Waals surface area contributed by atoms with Gasteiger partial charge in [0.25, 0.3) is 0 Å². The van der Waals surface area contributed by atoms with Crippen molar-refractivity contribution in [1.29, 1.82) is 0 Å². The van der Waals surface area contributed by atoms with Crippen molar-refractivity contribution in [3.05, 3.63) is 0 Å². The number of rotatable bonds is 1. The second-order valence-corrected chi connectivity index (χ2v) is 2.85. The van der Waals surface area contributed by atoms with Gasteiger partial charge in [0.2, 0.25) is 0 Å². The minimum Gasteiger partial charge on any atom is -0.380 e. The van der Waals surface area contributed by atoms with Crippen LogP contribution in [0.25, 0.3) is 0 Å². The van der Waals surface area contributed by atoms with Crippen molar-refractivity contribution in [2.75, 3.05) is 20.2 Å². The summed E-state index contributed by atoms with van der Waals surface area (Å²) in [5, 5.41) is 0.486. The van der Waals surface area contributed by atoms with E-state index in [1.807, 2.05) is 4.90 Å². The Morgan fingerprint density at radius 3 is 2.80 bits per heavy atom. The third-order valence-corrected chi connectivity index (χ3v) is 2.05. The highest BCUT2D eigenvalue weighted by atomic mass is 32.1. The van der Waals surface area contributed by atoms with Crippen LogP contribution in [0, 0.1) is 0 Å². The Morgan fingerprint density at radius 2 is 2.50 bits per heavy atom. The Morgan fingerprint density at radius 1 is 1.80 bits per heavy atom. The first-order valence-corrected chi connectivity index (χ1v) is 3.72. The zero-order valence-electron chi connectivity index (χ0n) is 6.04. The third-order valence-electron chi connectivity index (χ3n) is 1.79. The lowest BCUT2D eigenvalue weighted by Crippen LogP contribution is -2.34. The van der Waals surface area contributed by atoms with Crippen LogP contribution < -0.4 is 5.73 Å². The molecule has 10 heavy (non-hydrogen) atoms. The van der Waals surface area contributed by atoms with Crippen LogP contribution in [0.3, 0.4) is 0 Å². The number of ether oxygens (including phenoxy) is 1. The number of nitrogens with two attached hydrogens (primary N) is 1. The highest BCUT2D eigenvalue weighted by Crippen LogP contribution is 2.10. The van der Waals surface area contributed by atoms with E-state index in [0.717, 1.165) is 19.5 Å². The van der Waals surface area contributed by atoms with E-state index < -0.39 is 0 Å². The van der Waals surface area contributed by atoms with E-state index in [9.17, 15) is 0 Å². The van der Waals surface area contributed by atoms with Crippen molar-refractivity contribution < 1.29 is 4.74 Å². The summed E-state index contributed by atoms with van der Waals surface area (Å²) in [6.45, 7) is 1.79. The number of likely N-dealkylation sites (tertiary alicyclic amines) is 1. The lowest BCUT2D eigenvalue weighted by Gasteiger charge is -2.14. The van der Waals surface area contributed by atoms with E-state index >= 15 is 0 Å². The molecule has 4 heteroatoms. The van der Waals surface area contributed by atoms with Crippen LogP contribution in [0.4, 0.5) is 0 Å². The molecule has 3 nitrogen and oxygen atoms in total. The molecule has 1 heterocycles. The molecule has 1 aliphatic rings. The van der Waals surface area contributed by atoms with E-state index in [4.69, 9.17) is 22.7 Å². The van der Waals surface area contributed by atoms with Crippen LogP contribution in [-0.2, 0) is 4.74 Å². The minimum atomic E-state index is 0.321. The van der Waals surface area contributed by atoms with Crippen LogP contribution in [0.2, 0.25) is 0 Å². The van der Waals surface area contributed by atoms with Gasteiger partial charge in [-0.15, -0.1) is 0 Å². The lowest BCUT2D eigenvalue weighted by molar-refractivity contribution is 0.114. The molecule has 1 aliphatic heterocycles. The molecule has 0 amide bonds. The first kappa shape index (κ1) is 7.75. The minimum absolute atomic E-state index is 0.321. The smallest absolute Gasteiger partial charge is 0.166 e. The number of hydrogen-bond donors (Lipinski definition) is 1. The fourth-order valence-corrected chi connectivity index (χ4v) is 1.29. The van der Waals surface area contributed by atoms with Crippen molar-refractivity contribution in [3.63, 3.8) is 0 Å². The maximum Gasteiger partial charge on any atom is 0.166 e. The topological polar surface area (TPSA) is 38.5 Å². The van der Waals surface area contributed by atoms with Crippen molar-refractivity contribution in [3.8, 4) is 0 Å². The highest BCUT2D eigenvalue weighted by Gasteiger charge is 2.21. The predicted molar refractivity (Wildman–Crippen MR) is 43.8 cm³/mol. The molecule has 58 valence electrons. The van der Waals surface area contributed by atoms with Crippen LogP contribution in [0.5, 0.6) is 0 Å². The summed E-state index contributed by atoms with van der Waals surface area (Å²) in [5.74, 6) is 0. The van der Waals surface area contributed by atoms with Gasteiger partial charge in [0, 0.05) is 20.2 Å². The monoisotopic (exact) mass is 160 g/mol. The molecular weight excluding hydrogens is 148 g/mol. The van der Waals surface area contributed by atoms with E-state index in [2.05, 4.69) is 0 Å². The van der Waals surface area contributed by atoms with Gasteiger partial charge in [-0.05, 0) is 18.6 Å². The summed E-state index contributed by atoms with van der Waals surface area (Å²) in [5.41, 5.74) is 5.42. The van der Waals surface area contributed by atoms with Crippen LogP contribution >= 0.6 is 12.2 Å². The van der Waals surface area contributed by atoms with Crippen molar-refractivity contribution >= 4 is 17.3 Å². The molecule has 1 saturated heterocycles. The summed E-state index contributed by atoms with van der Waals surface area (Å²) < 4.78 is 5.13. The Bertz CT molecular complexity index is 140. The van der Waals surface area contributed by atoms with Gasteiger partial charge < -0.3 is 15.4 Å². The van der Waals surface area contributed by atoms with E-state index in [0.29, 0.717) is 11.2 Å². The molecule has 0 aromatic carbocycles. The number of nitrogens with zero attached hydrogens (tertiary/aromatic N) is 1. The average Bonchev–Trinajstić information content (AvgIpc) is 2.34. The summed E-state index contributed by atoms with van der Waals surface area (Å²) >= 11 is 4.80. The molecule has 1 unspecified atom stereocenters. The highest BCUT2D eigenvalue weighted by molar-refractivity contribution is 7.80. The fraction of sp³-hybridized carbons (Fsp3) is 0.833. The van der Waals surface area contributed by atoms with E-state index in [1.165, 1.54) is 0 Å². The molecule has 2 N–H and O–H groups in total. The van der Waals surface area contributed by atoms with Gasteiger partial charge in [-0.2, -0.15) is 0 Å². The molecule has 0 aromatic heterocycles. The molecule has 0 aliphatic carbocycles. The van der Waals surface area contributed by atoms with Crippen LogP contribution in [0.1, 0.15) is 6.42 Å². The molecule has 1 atom stereocenters. The molecule has 0 saturated carbocycles. The summed E-state index contributed by atoms with van der Waals surface area (Å²) in [6, 6.07) is 0. The second-order valence-electron chi connectivity index (χ2n) is 2.43. The summed E-state index contributed by atoms with van der Waals surface area (Å²) in [7, 11) is 1.72. The Balaban J connectivity index is 2.35. The molecular formula is C6H12N2OS. The zero-order valence-corrected chi connectivity index (χ0v) is 6.86. The predicted octanol–water partition coefficient (Wildman–Crippen LogP) is -0.0493. The average molecular weight is 160 g/mol. The maximum absolute atomic E-state index is 5.42. The normalized spacial score (nSPS) is 25.3. The Labute approximate surface area is 66.1 Å². The zero-order chi connectivity index (χ0) is 7.56. The van der Waals surface area contributed by atoms with Gasteiger partial charge in [0.1, 0.15) is 0 Å². The fourth-order valence-electron chi connectivity index (χ4n) is 1.12. The number of thiocarbonyl (C=S) groups is 1. The van der Waals surface area contributed by atoms with Crippen molar-refractivity contribution in [2.45, 2.75) is 12.5 Å².